The largest absolute Gasteiger partial charge is 0.466 e. The number of ether oxygens (including phenoxy) is 1. The second-order valence-electron chi connectivity index (χ2n) is 6.77. The van der Waals surface area contributed by atoms with E-state index in [0.29, 0.717) is 23.9 Å². The van der Waals surface area contributed by atoms with Crippen molar-refractivity contribution in [1.82, 2.24) is 0 Å². The highest BCUT2D eigenvalue weighted by Gasteiger charge is 2.36. The first-order valence-electron chi connectivity index (χ1n) is 7.25. The first kappa shape index (κ1) is 13.6. The summed E-state index contributed by atoms with van der Waals surface area (Å²) in [6.45, 7) is 9.16. The summed E-state index contributed by atoms with van der Waals surface area (Å²) < 4.78 is 5.24. The van der Waals surface area contributed by atoms with Gasteiger partial charge in [-0.2, -0.15) is 0 Å². The molecular weight excluding hydrogens is 224 g/mol. The minimum Gasteiger partial charge on any atom is -0.466 e. The number of esters is 1. The minimum absolute atomic E-state index is 0.148. The zero-order valence-electron chi connectivity index (χ0n) is 12.2. The quantitative estimate of drug-likeness (QED) is 0.545. The van der Waals surface area contributed by atoms with E-state index in [-0.39, 0.29) is 5.97 Å². The van der Waals surface area contributed by atoms with Crippen molar-refractivity contribution in [1.29, 1.82) is 0 Å². The van der Waals surface area contributed by atoms with Crippen molar-refractivity contribution < 1.29 is 9.53 Å². The second kappa shape index (κ2) is 5.07. The maximum absolute atomic E-state index is 11.0. The Kier molecular flexibility index (Phi) is 3.84. The lowest BCUT2D eigenvalue weighted by Crippen LogP contribution is -2.32. The van der Waals surface area contributed by atoms with Crippen LogP contribution in [0.25, 0.3) is 0 Å². The Hall–Kier alpha value is -0.790. The van der Waals surface area contributed by atoms with Gasteiger partial charge in [0, 0.05) is 6.92 Å². The molecule has 2 rings (SSSR count). The van der Waals surface area contributed by atoms with E-state index in [4.69, 9.17) is 4.74 Å². The molecule has 0 aliphatic heterocycles. The minimum atomic E-state index is -0.148. The molecular formula is C16H26O2. The summed E-state index contributed by atoms with van der Waals surface area (Å²) in [4.78, 5) is 11.0. The molecule has 0 aromatic carbocycles. The van der Waals surface area contributed by atoms with Gasteiger partial charge < -0.3 is 4.74 Å². The Morgan fingerprint density at radius 2 is 2.11 bits per heavy atom. The average Bonchev–Trinajstić information content (AvgIpc) is 2.26. The van der Waals surface area contributed by atoms with Gasteiger partial charge in [-0.05, 0) is 49.4 Å². The highest BCUT2D eigenvalue weighted by molar-refractivity contribution is 5.65. The normalized spacial score (nSPS) is 30.9. The molecule has 0 bridgehead atoms. The molecule has 2 atom stereocenters. The smallest absolute Gasteiger partial charge is 0.302 e. The van der Waals surface area contributed by atoms with Crippen molar-refractivity contribution in [3.8, 4) is 0 Å². The highest BCUT2D eigenvalue weighted by atomic mass is 16.5. The van der Waals surface area contributed by atoms with Crippen molar-refractivity contribution in [3.63, 3.8) is 0 Å². The van der Waals surface area contributed by atoms with E-state index in [9.17, 15) is 4.79 Å². The first-order chi connectivity index (χ1) is 8.40. The van der Waals surface area contributed by atoms with Gasteiger partial charge in [-0.15, -0.1) is 0 Å². The predicted molar refractivity (Wildman–Crippen MR) is 73.2 cm³/mol. The Morgan fingerprint density at radius 3 is 2.78 bits per heavy atom. The molecule has 0 aromatic heterocycles. The van der Waals surface area contributed by atoms with Gasteiger partial charge in [-0.3, -0.25) is 4.79 Å². The van der Waals surface area contributed by atoms with Gasteiger partial charge >= 0.3 is 5.97 Å². The number of allylic oxidation sites excluding steroid dienone is 2. The van der Waals surface area contributed by atoms with Crippen LogP contribution in [0.1, 0.15) is 59.8 Å². The van der Waals surface area contributed by atoms with Crippen LogP contribution in [0, 0.1) is 17.3 Å². The summed E-state index contributed by atoms with van der Waals surface area (Å²) in [5, 5.41) is 0. The molecule has 0 radical (unpaired) electrons. The zero-order chi connectivity index (χ0) is 13.3. The molecule has 0 fully saturated rings. The SMILES string of the molecule is CC(=O)OC[C@@H]1CC2=C(CCCC2(C)C)C[C@H]1C. The van der Waals surface area contributed by atoms with Crippen LogP contribution in [0.2, 0.25) is 0 Å². The molecule has 0 amide bonds. The second-order valence-corrected chi connectivity index (χ2v) is 6.77. The van der Waals surface area contributed by atoms with Crippen LogP contribution >= 0.6 is 0 Å². The van der Waals surface area contributed by atoms with Crippen LogP contribution in [-0.2, 0) is 9.53 Å². The molecule has 0 saturated heterocycles. The third-order valence-corrected chi connectivity index (χ3v) is 4.86. The third kappa shape index (κ3) is 2.78. The Labute approximate surface area is 111 Å². The molecule has 2 aliphatic rings. The van der Waals surface area contributed by atoms with E-state index < -0.39 is 0 Å². The lowest BCUT2D eigenvalue weighted by molar-refractivity contribution is -0.142. The summed E-state index contributed by atoms with van der Waals surface area (Å²) in [5.74, 6) is 1.02. The number of hydrogen-bond acceptors (Lipinski definition) is 2. The molecule has 2 nitrogen and oxygen atoms in total. The fourth-order valence-electron chi connectivity index (χ4n) is 3.64. The van der Waals surface area contributed by atoms with Crippen molar-refractivity contribution in [2.75, 3.05) is 6.61 Å². The van der Waals surface area contributed by atoms with E-state index in [1.807, 2.05) is 0 Å². The number of rotatable bonds is 2. The van der Waals surface area contributed by atoms with Crippen LogP contribution in [0.4, 0.5) is 0 Å². The van der Waals surface area contributed by atoms with Crippen molar-refractivity contribution in [2.45, 2.75) is 59.8 Å². The van der Waals surface area contributed by atoms with Crippen molar-refractivity contribution >= 4 is 5.97 Å². The molecule has 0 N–H and O–H groups in total. The average molecular weight is 250 g/mol. The zero-order valence-corrected chi connectivity index (χ0v) is 12.2. The lowest BCUT2D eigenvalue weighted by Gasteiger charge is -2.42. The van der Waals surface area contributed by atoms with Gasteiger partial charge in [0.25, 0.3) is 0 Å². The molecule has 102 valence electrons. The molecule has 0 unspecified atom stereocenters. The summed E-state index contributed by atoms with van der Waals surface area (Å²) in [7, 11) is 0. The highest BCUT2D eigenvalue weighted by Crippen LogP contribution is 2.49. The van der Waals surface area contributed by atoms with Crippen molar-refractivity contribution in [2.24, 2.45) is 17.3 Å². The molecule has 18 heavy (non-hydrogen) atoms. The molecule has 2 aliphatic carbocycles. The fraction of sp³-hybridized carbons (Fsp3) is 0.812. The van der Waals surface area contributed by atoms with Gasteiger partial charge in [-0.25, -0.2) is 0 Å². The summed E-state index contributed by atoms with van der Waals surface area (Å²) in [6, 6.07) is 0. The van der Waals surface area contributed by atoms with Gasteiger partial charge in [0.1, 0.15) is 0 Å². The molecule has 0 heterocycles. The van der Waals surface area contributed by atoms with Gasteiger partial charge in [0.05, 0.1) is 6.61 Å². The summed E-state index contributed by atoms with van der Waals surface area (Å²) in [6.07, 6.45) is 6.29. The van der Waals surface area contributed by atoms with Crippen LogP contribution in [0.15, 0.2) is 11.1 Å². The topological polar surface area (TPSA) is 26.3 Å². The van der Waals surface area contributed by atoms with E-state index in [2.05, 4.69) is 20.8 Å². The maximum Gasteiger partial charge on any atom is 0.302 e. The molecule has 2 heteroatoms. The Morgan fingerprint density at radius 1 is 1.39 bits per heavy atom. The standard InChI is InChI=1S/C16H26O2/c1-11-8-13-6-5-7-16(3,4)15(13)9-14(11)10-18-12(2)17/h11,14H,5-10H2,1-4H3/t11-,14+/m1/s1. The van der Waals surface area contributed by atoms with E-state index >= 15 is 0 Å². The maximum atomic E-state index is 11.0. The van der Waals surface area contributed by atoms with E-state index in [1.54, 1.807) is 11.1 Å². The van der Waals surface area contributed by atoms with Crippen LogP contribution in [-0.4, -0.2) is 12.6 Å². The molecule has 0 aromatic rings. The van der Waals surface area contributed by atoms with Gasteiger partial charge in [0.15, 0.2) is 0 Å². The monoisotopic (exact) mass is 250 g/mol. The predicted octanol–water partition coefficient (Wildman–Crippen LogP) is 4.10. The first-order valence-corrected chi connectivity index (χ1v) is 7.25. The van der Waals surface area contributed by atoms with Crippen LogP contribution < -0.4 is 0 Å². The van der Waals surface area contributed by atoms with Crippen LogP contribution in [0.3, 0.4) is 0 Å². The Bertz CT molecular complexity index is 365. The number of carbonyl (C=O) groups is 1. The van der Waals surface area contributed by atoms with Crippen molar-refractivity contribution in [3.05, 3.63) is 11.1 Å². The van der Waals surface area contributed by atoms with Gasteiger partial charge in [0.2, 0.25) is 0 Å². The number of carbonyl (C=O) groups excluding carboxylic acids is 1. The molecule has 0 saturated carbocycles. The fourth-order valence-corrected chi connectivity index (χ4v) is 3.64. The van der Waals surface area contributed by atoms with Crippen LogP contribution in [0.5, 0.6) is 0 Å². The lowest BCUT2D eigenvalue weighted by atomic mass is 9.63. The van der Waals surface area contributed by atoms with E-state index in [1.165, 1.54) is 32.6 Å². The Balaban J connectivity index is 2.11. The third-order valence-electron chi connectivity index (χ3n) is 4.86. The van der Waals surface area contributed by atoms with E-state index in [0.717, 1.165) is 6.42 Å². The summed E-state index contributed by atoms with van der Waals surface area (Å²) in [5.41, 5.74) is 3.74. The summed E-state index contributed by atoms with van der Waals surface area (Å²) >= 11 is 0. The molecule has 0 spiro atoms. The van der Waals surface area contributed by atoms with Gasteiger partial charge in [-0.1, -0.05) is 31.9 Å². The number of hydrogen-bond donors (Lipinski definition) is 0.